The fourth-order valence-electron chi connectivity index (χ4n) is 3.00. The summed E-state index contributed by atoms with van der Waals surface area (Å²) in [4.78, 5) is 18.9. The van der Waals surface area contributed by atoms with Crippen LogP contribution in [0.1, 0.15) is 65.0 Å². The van der Waals surface area contributed by atoms with Gasteiger partial charge in [0.2, 0.25) is 0 Å². The minimum absolute atomic E-state index is 0.334. The van der Waals surface area contributed by atoms with E-state index in [4.69, 9.17) is 4.74 Å². The second kappa shape index (κ2) is 7.77. The highest BCUT2D eigenvalue weighted by atomic mass is 16.6. The van der Waals surface area contributed by atoms with E-state index in [2.05, 4.69) is 28.2 Å². The molecule has 0 radical (unpaired) electrons. The largest absolute Gasteiger partial charge is 0.444 e. The van der Waals surface area contributed by atoms with E-state index < -0.39 is 11.7 Å². The van der Waals surface area contributed by atoms with Crippen molar-refractivity contribution in [3.63, 3.8) is 0 Å². The number of carbonyl (C=O) groups excluding carboxylic acids is 1. The average molecular weight is 319 g/mol. The molecule has 5 nitrogen and oxygen atoms in total. The van der Waals surface area contributed by atoms with E-state index in [1.54, 1.807) is 6.20 Å². The maximum absolute atomic E-state index is 12.1. The summed E-state index contributed by atoms with van der Waals surface area (Å²) >= 11 is 0. The number of aromatic nitrogens is 1. The third-order valence-electron chi connectivity index (χ3n) is 3.98. The zero-order valence-electron chi connectivity index (χ0n) is 14.8. The van der Waals surface area contributed by atoms with Crippen molar-refractivity contribution in [2.45, 2.75) is 65.0 Å². The highest BCUT2D eigenvalue weighted by Crippen LogP contribution is 2.35. The van der Waals surface area contributed by atoms with Crippen molar-refractivity contribution in [3.8, 4) is 0 Å². The summed E-state index contributed by atoms with van der Waals surface area (Å²) in [6.07, 6.45) is 5.95. The van der Waals surface area contributed by atoms with Gasteiger partial charge in [0.15, 0.2) is 0 Å². The van der Waals surface area contributed by atoms with Crippen LogP contribution in [0.25, 0.3) is 0 Å². The molecule has 1 aliphatic rings. The van der Waals surface area contributed by atoms with Crippen molar-refractivity contribution >= 4 is 11.9 Å². The maximum atomic E-state index is 12.1. The number of carbonyl (C=O) groups is 1. The number of rotatable bonds is 5. The standard InChI is InChI=1S/C18H29N3O2/c1-5-6-12-21-13-8-10-15(21)14-9-7-11-19-16(14)20-17(22)23-18(2,3)4/h7,9,11,15H,5-6,8,10,12-13H2,1-4H3,(H,19,20,22)/t15-/m0/s1. The average Bonchev–Trinajstić information content (AvgIpc) is 2.91. The van der Waals surface area contributed by atoms with Gasteiger partial charge in [-0.2, -0.15) is 0 Å². The minimum Gasteiger partial charge on any atom is -0.444 e. The Morgan fingerprint density at radius 1 is 1.48 bits per heavy atom. The van der Waals surface area contributed by atoms with Crippen LogP contribution in [0.3, 0.4) is 0 Å². The first-order valence-electron chi connectivity index (χ1n) is 8.59. The topological polar surface area (TPSA) is 54.5 Å². The van der Waals surface area contributed by atoms with Crippen LogP contribution in [0.15, 0.2) is 18.3 Å². The van der Waals surface area contributed by atoms with Crippen molar-refractivity contribution in [1.29, 1.82) is 0 Å². The predicted octanol–water partition coefficient (Wildman–Crippen LogP) is 4.37. The molecule has 0 aliphatic carbocycles. The number of nitrogens with zero attached hydrogens (tertiary/aromatic N) is 2. The van der Waals surface area contributed by atoms with E-state index in [-0.39, 0.29) is 0 Å². The number of likely N-dealkylation sites (tertiary alicyclic amines) is 1. The van der Waals surface area contributed by atoms with E-state index in [0.717, 1.165) is 25.1 Å². The number of unbranched alkanes of at least 4 members (excludes halogenated alkanes) is 1. The van der Waals surface area contributed by atoms with Crippen LogP contribution in [0.5, 0.6) is 0 Å². The Kier molecular flexibility index (Phi) is 5.99. The molecule has 0 bridgehead atoms. The second-order valence-electron chi connectivity index (χ2n) is 7.12. The molecule has 2 rings (SSSR count). The first-order chi connectivity index (χ1) is 10.9. The Balaban J connectivity index is 2.12. The Hall–Kier alpha value is -1.62. The number of ether oxygens (including phenoxy) is 1. The van der Waals surface area contributed by atoms with Gasteiger partial charge in [0.25, 0.3) is 0 Å². The SMILES string of the molecule is CCCCN1CCC[C@H]1c1cccnc1NC(=O)OC(C)(C)C. The minimum atomic E-state index is -0.514. The Morgan fingerprint density at radius 2 is 2.26 bits per heavy atom. The van der Waals surface area contributed by atoms with Gasteiger partial charge in [-0.1, -0.05) is 19.4 Å². The van der Waals surface area contributed by atoms with Crippen molar-refractivity contribution in [2.24, 2.45) is 0 Å². The highest BCUT2D eigenvalue weighted by Gasteiger charge is 2.28. The van der Waals surface area contributed by atoms with E-state index >= 15 is 0 Å². The molecule has 0 spiro atoms. The number of amides is 1. The molecule has 23 heavy (non-hydrogen) atoms. The van der Waals surface area contributed by atoms with Crippen LogP contribution in [-0.2, 0) is 4.74 Å². The maximum Gasteiger partial charge on any atom is 0.413 e. The molecule has 2 heterocycles. The molecule has 128 valence electrons. The summed E-state index contributed by atoms with van der Waals surface area (Å²) in [6, 6.07) is 4.33. The fraction of sp³-hybridized carbons (Fsp3) is 0.667. The van der Waals surface area contributed by atoms with Crippen LogP contribution in [0.4, 0.5) is 10.6 Å². The molecule has 1 atom stereocenters. The predicted molar refractivity (Wildman–Crippen MR) is 92.5 cm³/mol. The van der Waals surface area contributed by atoms with Crippen molar-refractivity contribution in [2.75, 3.05) is 18.4 Å². The molecule has 0 saturated carbocycles. The van der Waals surface area contributed by atoms with Crippen LogP contribution >= 0.6 is 0 Å². The third-order valence-corrected chi connectivity index (χ3v) is 3.98. The highest BCUT2D eigenvalue weighted by molar-refractivity contribution is 5.84. The van der Waals surface area contributed by atoms with E-state index in [1.807, 2.05) is 26.8 Å². The zero-order chi connectivity index (χ0) is 16.9. The summed E-state index contributed by atoms with van der Waals surface area (Å²) in [5.74, 6) is 0.621. The summed E-state index contributed by atoms with van der Waals surface area (Å²) in [6.45, 7) is 10.00. The molecular formula is C18H29N3O2. The quantitative estimate of drug-likeness (QED) is 0.876. The van der Waals surface area contributed by atoms with Crippen molar-refractivity contribution in [1.82, 2.24) is 9.88 Å². The summed E-state index contributed by atoms with van der Waals surface area (Å²) in [7, 11) is 0. The summed E-state index contributed by atoms with van der Waals surface area (Å²) < 4.78 is 5.35. The molecular weight excluding hydrogens is 290 g/mol. The third kappa shape index (κ3) is 5.20. The van der Waals surface area contributed by atoms with E-state index in [9.17, 15) is 4.79 Å². The second-order valence-corrected chi connectivity index (χ2v) is 7.12. The molecule has 1 aliphatic heterocycles. The van der Waals surface area contributed by atoms with Gasteiger partial charge >= 0.3 is 6.09 Å². The van der Waals surface area contributed by atoms with Gasteiger partial charge < -0.3 is 4.74 Å². The molecule has 1 saturated heterocycles. The number of pyridine rings is 1. The van der Waals surface area contributed by atoms with Crippen LogP contribution in [0.2, 0.25) is 0 Å². The van der Waals surface area contributed by atoms with Gasteiger partial charge in [-0.15, -0.1) is 0 Å². The molecule has 1 aromatic heterocycles. The van der Waals surface area contributed by atoms with Gasteiger partial charge in [-0.05, 0) is 59.2 Å². The van der Waals surface area contributed by atoms with E-state index in [0.29, 0.717) is 11.9 Å². The molecule has 0 aromatic carbocycles. The number of hydrogen-bond acceptors (Lipinski definition) is 4. The molecule has 0 unspecified atom stereocenters. The Labute approximate surface area is 139 Å². The number of hydrogen-bond donors (Lipinski definition) is 1. The molecule has 5 heteroatoms. The lowest BCUT2D eigenvalue weighted by atomic mass is 10.1. The van der Waals surface area contributed by atoms with E-state index in [1.165, 1.54) is 19.3 Å². The number of nitrogens with one attached hydrogen (secondary N) is 1. The Bertz CT molecular complexity index is 525. The summed E-state index contributed by atoms with van der Waals surface area (Å²) in [5.41, 5.74) is 0.575. The lowest BCUT2D eigenvalue weighted by Crippen LogP contribution is -2.29. The fourth-order valence-corrected chi connectivity index (χ4v) is 3.00. The molecule has 1 N–H and O–H groups in total. The monoisotopic (exact) mass is 319 g/mol. The van der Waals surface area contributed by atoms with Crippen LogP contribution < -0.4 is 5.32 Å². The van der Waals surface area contributed by atoms with Crippen LogP contribution in [-0.4, -0.2) is 34.7 Å². The molecule has 1 amide bonds. The summed E-state index contributed by atoms with van der Waals surface area (Å²) in [5, 5.41) is 2.82. The van der Waals surface area contributed by atoms with Gasteiger partial charge in [-0.25, -0.2) is 9.78 Å². The first kappa shape index (κ1) is 17.7. The molecule has 1 aromatic rings. The van der Waals surface area contributed by atoms with Gasteiger partial charge in [-0.3, -0.25) is 10.2 Å². The van der Waals surface area contributed by atoms with Gasteiger partial charge in [0.05, 0.1) is 0 Å². The normalized spacial score (nSPS) is 18.9. The Morgan fingerprint density at radius 3 is 2.96 bits per heavy atom. The smallest absolute Gasteiger partial charge is 0.413 e. The van der Waals surface area contributed by atoms with Crippen molar-refractivity contribution < 1.29 is 9.53 Å². The van der Waals surface area contributed by atoms with Gasteiger partial charge in [0.1, 0.15) is 11.4 Å². The number of anilines is 1. The zero-order valence-corrected chi connectivity index (χ0v) is 14.8. The first-order valence-corrected chi connectivity index (χ1v) is 8.59. The lowest BCUT2D eigenvalue weighted by Gasteiger charge is -2.26. The van der Waals surface area contributed by atoms with Crippen molar-refractivity contribution in [3.05, 3.63) is 23.9 Å². The lowest BCUT2D eigenvalue weighted by molar-refractivity contribution is 0.0635. The molecule has 1 fully saturated rings. The van der Waals surface area contributed by atoms with Crippen LogP contribution in [0, 0.1) is 0 Å². The van der Waals surface area contributed by atoms with Gasteiger partial charge in [0, 0.05) is 17.8 Å².